The number of aromatic nitrogens is 3. The molecular weight excluding hydrogens is 669 g/mol. The molecule has 0 unspecified atom stereocenters. The van der Waals surface area contributed by atoms with Crippen molar-refractivity contribution < 1.29 is 0 Å². The number of rotatable bonds is 7. The molecule has 0 saturated heterocycles. The average Bonchev–Trinajstić information content (AvgIpc) is 3.27. The Labute approximate surface area is 319 Å². The maximum absolute atomic E-state index is 5.70. The highest BCUT2D eigenvalue weighted by atomic mass is 15.1. The van der Waals surface area contributed by atoms with Gasteiger partial charge in [0.1, 0.15) is 0 Å². The van der Waals surface area contributed by atoms with Crippen LogP contribution in [0.5, 0.6) is 0 Å². The Kier molecular flexibility index (Phi) is 8.12. The number of benzene rings is 8. The minimum atomic E-state index is 0.648. The van der Waals surface area contributed by atoms with Gasteiger partial charge in [0, 0.05) is 49.8 Å². The van der Waals surface area contributed by atoms with E-state index in [-0.39, 0.29) is 0 Å². The molecule has 0 saturated carbocycles. The highest BCUT2D eigenvalue weighted by Gasteiger charge is 2.22. The standard InChI is InChI=1S/C51H34N4/c1-5-19-36(20-6-1)45-34-46(37-21-7-2-8-22-37)53-51(52-45)42-29-16-15-28-41(42)49-44-33-32-35-18-13-14-27-40(35)48(44)43-30-17-31-47(50(43)54-49)55(38-23-9-3-10-24-38)39-25-11-4-12-26-39/h1-34H. The van der Waals surface area contributed by atoms with Crippen molar-refractivity contribution >= 4 is 49.5 Å². The first kappa shape index (κ1) is 32.2. The van der Waals surface area contributed by atoms with Crippen LogP contribution in [0.2, 0.25) is 0 Å². The minimum Gasteiger partial charge on any atom is -0.308 e. The first-order chi connectivity index (χ1) is 27.3. The van der Waals surface area contributed by atoms with E-state index < -0.39 is 0 Å². The van der Waals surface area contributed by atoms with E-state index in [1.165, 1.54) is 16.2 Å². The van der Waals surface area contributed by atoms with Crippen molar-refractivity contribution in [3.05, 3.63) is 206 Å². The van der Waals surface area contributed by atoms with Gasteiger partial charge in [-0.3, -0.25) is 0 Å². The van der Waals surface area contributed by atoms with Gasteiger partial charge >= 0.3 is 0 Å². The normalized spacial score (nSPS) is 11.3. The molecule has 55 heavy (non-hydrogen) atoms. The molecule has 0 amide bonds. The van der Waals surface area contributed by atoms with Gasteiger partial charge < -0.3 is 4.90 Å². The Morgan fingerprint density at radius 2 is 0.891 bits per heavy atom. The van der Waals surface area contributed by atoms with Crippen LogP contribution in [0.3, 0.4) is 0 Å². The lowest BCUT2D eigenvalue weighted by molar-refractivity contribution is 1.18. The predicted octanol–water partition coefficient (Wildman–Crippen LogP) is 13.5. The molecule has 10 aromatic rings. The molecule has 0 aliphatic heterocycles. The molecule has 10 rings (SSSR count). The fraction of sp³-hybridized carbons (Fsp3) is 0. The number of nitrogens with zero attached hydrogens (tertiary/aromatic N) is 4. The van der Waals surface area contributed by atoms with Gasteiger partial charge in [0.2, 0.25) is 0 Å². The molecule has 0 radical (unpaired) electrons. The van der Waals surface area contributed by atoms with Gasteiger partial charge in [0.25, 0.3) is 0 Å². The summed E-state index contributed by atoms with van der Waals surface area (Å²) in [6, 6.07) is 71.9. The van der Waals surface area contributed by atoms with E-state index in [4.69, 9.17) is 15.0 Å². The van der Waals surface area contributed by atoms with Gasteiger partial charge in [0.15, 0.2) is 5.82 Å². The summed E-state index contributed by atoms with van der Waals surface area (Å²) in [6.07, 6.45) is 0. The Hall–Kier alpha value is -7.43. The van der Waals surface area contributed by atoms with E-state index in [1.54, 1.807) is 0 Å². The van der Waals surface area contributed by atoms with E-state index in [1.807, 2.05) is 12.1 Å². The molecule has 4 nitrogen and oxygen atoms in total. The van der Waals surface area contributed by atoms with Gasteiger partial charge in [-0.05, 0) is 47.2 Å². The van der Waals surface area contributed by atoms with E-state index >= 15 is 0 Å². The third-order valence-corrected chi connectivity index (χ3v) is 10.2. The Morgan fingerprint density at radius 3 is 1.53 bits per heavy atom. The second kappa shape index (κ2) is 13.8. The number of hydrogen-bond acceptors (Lipinski definition) is 4. The van der Waals surface area contributed by atoms with Crippen molar-refractivity contribution in [1.82, 2.24) is 15.0 Å². The van der Waals surface area contributed by atoms with E-state index in [2.05, 4.69) is 199 Å². The third-order valence-electron chi connectivity index (χ3n) is 10.2. The summed E-state index contributed by atoms with van der Waals surface area (Å²) in [5.41, 5.74) is 10.6. The van der Waals surface area contributed by atoms with Gasteiger partial charge in [-0.1, -0.05) is 170 Å². The quantitative estimate of drug-likeness (QED) is 0.155. The van der Waals surface area contributed by atoms with Crippen LogP contribution in [-0.2, 0) is 0 Å². The second-order valence-electron chi connectivity index (χ2n) is 13.6. The van der Waals surface area contributed by atoms with Crippen molar-refractivity contribution in [2.75, 3.05) is 4.90 Å². The molecule has 0 spiro atoms. The second-order valence-corrected chi connectivity index (χ2v) is 13.6. The van der Waals surface area contributed by atoms with Crippen molar-refractivity contribution in [3.8, 4) is 45.2 Å². The van der Waals surface area contributed by atoms with E-state index in [0.29, 0.717) is 5.82 Å². The summed E-state index contributed by atoms with van der Waals surface area (Å²) in [5.74, 6) is 0.648. The number of fused-ring (bicyclic) bond motifs is 5. The van der Waals surface area contributed by atoms with Crippen molar-refractivity contribution in [1.29, 1.82) is 0 Å². The summed E-state index contributed by atoms with van der Waals surface area (Å²) in [7, 11) is 0. The summed E-state index contributed by atoms with van der Waals surface area (Å²) < 4.78 is 0. The van der Waals surface area contributed by atoms with Crippen molar-refractivity contribution in [3.63, 3.8) is 0 Å². The number of pyridine rings is 1. The molecule has 0 aliphatic carbocycles. The molecule has 2 aromatic heterocycles. The molecule has 258 valence electrons. The lowest BCUT2D eigenvalue weighted by Gasteiger charge is -2.27. The molecular formula is C51H34N4. The topological polar surface area (TPSA) is 41.9 Å². The summed E-state index contributed by atoms with van der Waals surface area (Å²) >= 11 is 0. The number of anilines is 3. The number of hydrogen-bond donors (Lipinski definition) is 0. The molecule has 0 aliphatic rings. The molecule has 0 N–H and O–H groups in total. The Bertz CT molecular complexity index is 2870. The van der Waals surface area contributed by atoms with E-state index in [9.17, 15) is 0 Å². The number of para-hydroxylation sites is 3. The van der Waals surface area contributed by atoms with Crippen LogP contribution in [0.15, 0.2) is 206 Å². The average molecular weight is 703 g/mol. The SMILES string of the molecule is c1ccc(-c2cc(-c3ccccc3)nc(-c3ccccc3-c3nc4c(N(c5ccccc5)c5ccccc5)cccc4c4c3ccc3ccccc34)n2)cc1. The van der Waals surface area contributed by atoms with Crippen LogP contribution in [0, 0.1) is 0 Å². The van der Waals surface area contributed by atoms with Gasteiger partial charge in [-0.25, -0.2) is 15.0 Å². The molecule has 4 heteroatoms. The largest absolute Gasteiger partial charge is 0.308 e. The van der Waals surface area contributed by atoms with Gasteiger partial charge in [-0.15, -0.1) is 0 Å². The van der Waals surface area contributed by atoms with Gasteiger partial charge in [0.05, 0.1) is 28.3 Å². The molecule has 2 heterocycles. The van der Waals surface area contributed by atoms with Crippen LogP contribution in [0.4, 0.5) is 17.1 Å². The van der Waals surface area contributed by atoms with Gasteiger partial charge in [-0.2, -0.15) is 0 Å². The van der Waals surface area contributed by atoms with Crippen molar-refractivity contribution in [2.45, 2.75) is 0 Å². The van der Waals surface area contributed by atoms with E-state index in [0.717, 1.165) is 72.7 Å². The fourth-order valence-electron chi connectivity index (χ4n) is 7.71. The maximum atomic E-state index is 5.70. The van der Waals surface area contributed by atoms with Crippen LogP contribution in [-0.4, -0.2) is 15.0 Å². The lowest BCUT2D eigenvalue weighted by Crippen LogP contribution is -2.11. The highest BCUT2D eigenvalue weighted by molar-refractivity contribution is 6.24. The summed E-state index contributed by atoms with van der Waals surface area (Å²) in [4.78, 5) is 18.5. The molecule has 0 fully saturated rings. The zero-order chi connectivity index (χ0) is 36.6. The Balaban J connectivity index is 1.29. The molecule has 0 atom stereocenters. The van der Waals surface area contributed by atoms with Crippen LogP contribution in [0.1, 0.15) is 0 Å². The lowest BCUT2D eigenvalue weighted by atomic mass is 9.93. The summed E-state index contributed by atoms with van der Waals surface area (Å²) in [6.45, 7) is 0. The smallest absolute Gasteiger partial charge is 0.161 e. The maximum Gasteiger partial charge on any atom is 0.161 e. The molecule has 0 bridgehead atoms. The zero-order valence-electron chi connectivity index (χ0n) is 29.9. The predicted molar refractivity (Wildman–Crippen MR) is 229 cm³/mol. The summed E-state index contributed by atoms with van der Waals surface area (Å²) in [5, 5.41) is 5.70. The third kappa shape index (κ3) is 5.87. The monoisotopic (exact) mass is 702 g/mol. The van der Waals surface area contributed by atoms with Crippen LogP contribution < -0.4 is 4.90 Å². The van der Waals surface area contributed by atoms with Crippen LogP contribution in [0.25, 0.3) is 77.6 Å². The first-order valence-electron chi connectivity index (χ1n) is 18.5. The zero-order valence-corrected chi connectivity index (χ0v) is 29.9. The molecule has 8 aromatic carbocycles. The Morgan fingerprint density at radius 1 is 0.364 bits per heavy atom. The minimum absolute atomic E-state index is 0.648. The highest BCUT2D eigenvalue weighted by Crippen LogP contribution is 2.45. The first-order valence-corrected chi connectivity index (χ1v) is 18.5. The fourth-order valence-corrected chi connectivity index (χ4v) is 7.71. The van der Waals surface area contributed by atoms with Crippen LogP contribution >= 0.6 is 0 Å². The van der Waals surface area contributed by atoms with Crippen molar-refractivity contribution in [2.24, 2.45) is 0 Å².